The minimum atomic E-state index is -0.139. The Balaban J connectivity index is 1.34. The van der Waals surface area contributed by atoms with Gasteiger partial charge in [-0.25, -0.2) is 0 Å². The molecular formula is C20H25N5O2. The van der Waals surface area contributed by atoms with Crippen molar-refractivity contribution in [2.75, 3.05) is 0 Å². The highest BCUT2D eigenvalue weighted by molar-refractivity contribution is 5.95. The average molecular weight is 367 g/mol. The second kappa shape index (κ2) is 7.90. The molecule has 2 aliphatic rings. The van der Waals surface area contributed by atoms with Gasteiger partial charge in [0, 0.05) is 31.3 Å². The van der Waals surface area contributed by atoms with Crippen LogP contribution in [-0.4, -0.2) is 32.6 Å². The minimum absolute atomic E-state index is 0.0213. The number of fused-ring (bicyclic) bond motifs is 1. The van der Waals surface area contributed by atoms with Crippen LogP contribution in [0, 0.1) is 5.92 Å². The molecule has 0 unspecified atom stereocenters. The number of nitrogens with zero attached hydrogens (tertiary/aromatic N) is 3. The maximum Gasteiger partial charge on any atom is 0.255 e. The van der Waals surface area contributed by atoms with Gasteiger partial charge >= 0.3 is 0 Å². The van der Waals surface area contributed by atoms with Crippen molar-refractivity contribution in [2.45, 2.75) is 57.7 Å². The molecule has 0 saturated heterocycles. The van der Waals surface area contributed by atoms with E-state index >= 15 is 0 Å². The Morgan fingerprint density at radius 3 is 2.81 bits per heavy atom. The summed E-state index contributed by atoms with van der Waals surface area (Å²) in [6.45, 7) is 1.06. The smallest absolute Gasteiger partial charge is 0.255 e. The summed E-state index contributed by atoms with van der Waals surface area (Å²) in [6, 6.07) is 3.79. The van der Waals surface area contributed by atoms with Crippen molar-refractivity contribution in [3.05, 3.63) is 47.5 Å². The molecule has 7 heteroatoms. The van der Waals surface area contributed by atoms with Crippen LogP contribution in [0.5, 0.6) is 0 Å². The van der Waals surface area contributed by atoms with Crippen molar-refractivity contribution in [2.24, 2.45) is 5.92 Å². The van der Waals surface area contributed by atoms with E-state index in [-0.39, 0.29) is 23.8 Å². The summed E-state index contributed by atoms with van der Waals surface area (Å²) < 4.78 is 1.84. The first-order valence-electron chi connectivity index (χ1n) is 9.73. The maximum atomic E-state index is 12.5. The predicted molar refractivity (Wildman–Crippen MR) is 99.8 cm³/mol. The predicted octanol–water partition coefficient (Wildman–Crippen LogP) is 1.83. The van der Waals surface area contributed by atoms with Crippen molar-refractivity contribution in [3.63, 3.8) is 0 Å². The fourth-order valence-electron chi connectivity index (χ4n) is 4.04. The van der Waals surface area contributed by atoms with Gasteiger partial charge < -0.3 is 10.6 Å². The van der Waals surface area contributed by atoms with E-state index in [1.807, 2.05) is 16.8 Å². The van der Waals surface area contributed by atoms with E-state index in [2.05, 4.69) is 20.7 Å². The highest BCUT2D eigenvalue weighted by Crippen LogP contribution is 2.25. The number of rotatable bonds is 5. The van der Waals surface area contributed by atoms with Gasteiger partial charge in [-0.3, -0.25) is 19.3 Å². The molecule has 1 aliphatic carbocycles. The van der Waals surface area contributed by atoms with Crippen LogP contribution in [0.1, 0.15) is 53.7 Å². The van der Waals surface area contributed by atoms with Crippen molar-refractivity contribution < 1.29 is 9.59 Å². The lowest BCUT2D eigenvalue weighted by Gasteiger charge is -2.22. The number of aromatic nitrogens is 3. The van der Waals surface area contributed by atoms with Gasteiger partial charge in [0.2, 0.25) is 5.91 Å². The molecule has 7 nitrogen and oxygen atoms in total. The van der Waals surface area contributed by atoms with E-state index in [1.54, 1.807) is 18.6 Å². The van der Waals surface area contributed by atoms with Gasteiger partial charge in [0.25, 0.3) is 5.91 Å². The topological polar surface area (TPSA) is 88.9 Å². The molecule has 2 aromatic heterocycles. The number of pyridine rings is 1. The van der Waals surface area contributed by atoms with E-state index in [1.165, 1.54) is 6.42 Å². The molecule has 0 bridgehead atoms. The number of amides is 2. The van der Waals surface area contributed by atoms with Crippen LogP contribution < -0.4 is 10.6 Å². The Labute approximate surface area is 158 Å². The monoisotopic (exact) mass is 367 g/mol. The second-order valence-corrected chi connectivity index (χ2v) is 7.48. The van der Waals surface area contributed by atoms with Crippen LogP contribution >= 0.6 is 0 Å². The molecule has 1 fully saturated rings. The third kappa shape index (κ3) is 4.02. The van der Waals surface area contributed by atoms with Gasteiger partial charge in [-0.2, -0.15) is 5.10 Å². The lowest BCUT2D eigenvalue weighted by atomic mass is 9.88. The summed E-state index contributed by atoms with van der Waals surface area (Å²) in [5, 5.41) is 10.4. The fourth-order valence-corrected chi connectivity index (χ4v) is 4.04. The summed E-state index contributed by atoms with van der Waals surface area (Å²) in [5.41, 5.74) is 2.44. The van der Waals surface area contributed by atoms with Crippen LogP contribution in [0.25, 0.3) is 0 Å². The molecule has 2 aromatic rings. The zero-order valence-electron chi connectivity index (χ0n) is 15.4. The number of hydrogen-bond acceptors (Lipinski definition) is 4. The number of carbonyl (C=O) groups is 2. The van der Waals surface area contributed by atoms with Crippen molar-refractivity contribution in [3.8, 4) is 0 Å². The third-order valence-corrected chi connectivity index (χ3v) is 5.52. The minimum Gasteiger partial charge on any atom is -0.351 e. The van der Waals surface area contributed by atoms with Gasteiger partial charge in [0.1, 0.15) is 0 Å². The molecule has 1 saturated carbocycles. The molecule has 27 heavy (non-hydrogen) atoms. The van der Waals surface area contributed by atoms with Gasteiger partial charge in [-0.05, 0) is 24.5 Å². The molecule has 0 radical (unpaired) electrons. The Kier molecular flexibility index (Phi) is 5.18. The van der Waals surface area contributed by atoms with Crippen molar-refractivity contribution in [1.29, 1.82) is 0 Å². The van der Waals surface area contributed by atoms with E-state index in [0.29, 0.717) is 25.1 Å². The number of nitrogens with one attached hydrogen (secondary N) is 2. The number of carbonyl (C=O) groups excluding carboxylic acids is 2. The van der Waals surface area contributed by atoms with E-state index in [4.69, 9.17) is 0 Å². The first-order valence-corrected chi connectivity index (χ1v) is 9.73. The third-order valence-electron chi connectivity index (χ3n) is 5.52. The zero-order valence-corrected chi connectivity index (χ0v) is 15.4. The summed E-state index contributed by atoms with van der Waals surface area (Å²) >= 11 is 0. The Bertz CT molecular complexity index is 811. The van der Waals surface area contributed by atoms with E-state index < -0.39 is 0 Å². The lowest BCUT2D eigenvalue weighted by molar-refractivity contribution is -0.126. The van der Waals surface area contributed by atoms with Crippen LogP contribution in [0.15, 0.2) is 30.7 Å². The summed E-state index contributed by atoms with van der Waals surface area (Å²) in [4.78, 5) is 29.1. The molecular weight excluding hydrogens is 342 g/mol. The van der Waals surface area contributed by atoms with Crippen molar-refractivity contribution in [1.82, 2.24) is 25.4 Å². The van der Waals surface area contributed by atoms with Gasteiger partial charge in [0.05, 0.1) is 30.0 Å². The number of hydrogen-bond donors (Lipinski definition) is 2. The molecule has 4 rings (SSSR count). The van der Waals surface area contributed by atoms with E-state index in [0.717, 1.165) is 36.9 Å². The Morgan fingerprint density at radius 1 is 1.19 bits per heavy atom. The average Bonchev–Trinajstić information content (AvgIpc) is 3.27. The SMILES string of the molecule is O=C(NCc1cccnc1)c1cnn2c1C[C@H](NC(=O)C1CCCCC1)C2. The molecule has 1 atom stereocenters. The molecule has 3 heterocycles. The summed E-state index contributed by atoms with van der Waals surface area (Å²) in [6.07, 6.45) is 11.2. The molecule has 1 aliphatic heterocycles. The lowest BCUT2D eigenvalue weighted by Crippen LogP contribution is -2.40. The normalized spacial score (nSPS) is 19.5. The largest absolute Gasteiger partial charge is 0.351 e. The quantitative estimate of drug-likeness (QED) is 0.844. The Morgan fingerprint density at radius 2 is 2.04 bits per heavy atom. The molecule has 142 valence electrons. The summed E-state index contributed by atoms with van der Waals surface area (Å²) in [5.74, 6) is 0.168. The van der Waals surface area contributed by atoms with Gasteiger partial charge in [0.15, 0.2) is 0 Å². The van der Waals surface area contributed by atoms with Gasteiger partial charge in [-0.1, -0.05) is 25.3 Å². The van der Waals surface area contributed by atoms with Crippen LogP contribution in [0.4, 0.5) is 0 Å². The summed E-state index contributed by atoms with van der Waals surface area (Å²) in [7, 11) is 0. The molecule has 0 spiro atoms. The highest BCUT2D eigenvalue weighted by atomic mass is 16.2. The van der Waals surface area contributed by atoms with Crippen LogP contribution in [-0.2, 0) is 24.3 Å². The van der Waals surface area contributed by atoms with Crippen LogP contribution in [0.3, 0.4) is 0 Å². The second-order valence-electron chi connectivity index (χ2n) is 7.48. The molecule has 2 amide bonds. The van der Waals surface area contributed by atoms with E-state index in [9.17, 15) is 9.59 Å². The highest BCUT2D eigenvalue weighted by Gasteiger charge is 2.30. The zero-order chi connectivity index (χ0) is 18.6. The molecule has 2 N–H and O–H groups in total. The van der Waals surface area contributed by atoms with Gasteiger partial charge in [-0.15, -0.1) is 0 Å². The first-order chi connectivity index (χ1) is 13.2. The standard InChI is InChI=1S/C20H25N5O2/c26-19(15-6-2-1-3-7-15)24-16-9-18-17(12-23-25(18)13-16)20(27)22-11-14-5-4-8-21-10-14/h4-5,8,10,12,15-16H,1-3,6-7,9,11,13H2,(H,22,27)(H,24,26)/t16-/m0/s1. The Hall–Kier alpha value is -2.70. The molecule has 0 aromatic carbocycles. The van der Waals surface area contributed by atoms with Crippen LogP contribution in [0.2, 0.25) is 0 Å². The van der Waals surface area contributed by atoms with Crippen molar-refractivity contribution >= 4 is 11.8 Å². The fraction of sp³-hybridized carbons (Fsp3) is 0.500. The maximum absolute atomic E-state index is 12.5. The first kappa shape index (κ1) is 17.7.